The number of aliphatic hydroxyl groups is 1. The third-order valence-electron chi connectivity index (χ3n) is 17.1. The van der Waals surface area contributed by atoms with Gasteiger partial charge in [0.1, 0.15) is 54.0 Å². The summed E-state index contributed by atoms with van der Waals surface area (Å²) in [6.07, 6.45) is 1.45. The largest absolute Gasteiger partial charge is 0.391 e. The van der Waals surface area contributed by atoms with Gasteiger partial charge in [0.25, 0.3) is 0 Å². The molecule has 0 spiro atoms. The summed E-state index contributed by atoms with van der Waals surface area (Å²) in [6.45, 7) is 30.0. The highest BCUT2D eigenvalue weighted by molar-refractivity contribution is 5.98. The second-order valence-electron chi connectivity index (χ2n) is 27.1. The van der Waals surface area contributed by atoms with Crippen molar-refractivity contribution in [1.29, 1.82) is 0 Å². The molecule has 26 heteroatoms. The Morgan fingerprint density at radius 3 is 1.61 bits per heavy atom. The van der Waals surface area contributed by atoms with Gasteiger partial charge in [-0.3, -0.25) is 67.8 Å². The molecule has 0 saturated carbocycles. The number of nitrogens with one attached hydrogen (secondary N) is 6. The molecule has 1 aliphatic rings. The minimum atomic E-state index is -1.82. The van der Waals surface area contributed by atoms with Crippen LogP contribution >= 0.6 is 0 Å². The number of amides is 11. The number of rotatable bonds is 38. The Labute approximate surface area is 537 Å². The molecule has 1 heterocycles. The van der Waals surface area contributed by atoms with Gasteiger partial charge in [0.15, 0.2) is 6.29 Å². The molecule has 90 heavy (non-hydrogen) atoms. The number of carbonyl (C=O) groups excluding carboxylic acids is 12. The molecule has 11 amide bonds. The van der Waals surface area contributed by atoms with Crippen molar-refractivity contribution in [3.63, 3.8) is 0 Å². The smallest absolute Gasteiger partial charge is 0.248 e. The van der Waals surface area contributed by atoms with E-state index in [-0.39, 0.29) is 86.0 Å². The molecule has 7 N–H and O–H groups in total. The van der Waals surface area contributed by atoms with Crippen LogP contribution in [0.2, 0.25) is 0 Å². The van der Waals surface area contributed by atoms with Gasteiger partial charge in [0.2, 0.25) is 65.0 Å². The zero-order valence-corrected chi connectivity index (χ0v) is 58.8. The van der Waals surface area contributed by atoms with E-state index < -0.39 is 119 Å². The number of aldehydes is 1. The zero-order valence-electron chi connectivity index (χ0n) is 58.8. The highest BCUT2D eigenvalue weighted by atomic mass is 16.3. The van der Waals surface area contributed by atoms with E-state index in [1.165, 1.54) is 106 Å². The molecular weight excluding hydrogens is 1160 g/mol. The van der Waals surface area contributed by atoms with E-state index in [2.05, 4.69) is 36.8 Å². The highest BCUT2D eigenvalue weighted by Crippen LogP contribution is 2.23. The monoisotopic (exact) mass is 1280 g/mol. The fourth-order valence-corrected chi connectivity index (χ4v) is 11.2. The summed E-state index contributed by atoms with van der Waals surface area (Å²) in [5, 5.41) is 27.7. The second-order valence-corrected chi connectivity index (χ2v) is 27.1. The Hall–Kier alpha value is -6.28. The number of nitrogens with zero attached hydrogens (tertiary/aromatic N) is 7. The molecule has 1 rings (SSSR count). The predicted molar refractivity (Wildman–Crippen MR) is 345 cm³/mol. The third kappa shape index (κ3) is 24.4. The minimum Gasteiger partial charge on any atom is -0.391 e. The van der Waals surface area contributed by atoms with Crippen LogP contribution in [0.25, 0.3) is 0 Å². The van der Waals surface area contributed by atoms with Gasteiger partial charge in [-0.2, -0.15) is 0 Å². The van der Waals surface area contributed by atoms with Gasteiger partial charge in [-0.1, -0.05) is 83.1 Å². The molecular formula is C64H117N13O13. The Morgan fingerprint density at radius 1 is 0.600 bits per heavy atom. The van der Waals surface area contributed by atoms with E-state index in [1.807, 2.05) is 48.5 Å². The van der Waals surface area contributed by atoms with Crippen LogP contribution in [0.1, 0.15) is 162 Å². The summed E-state index contributed by atoms with van der Waals surface area (Å²) in [6, 6.07) is -10.3. The van der Waals surface area contributed by atoms with Gasteiger partial charge in [-0.15, -0.1) is 0 Å². The summed E-state index contributed by atoms with van der Waals surface area (Å²) in [5.74, 6) is -6.84. The molecule has 1 fully saturated rings. The van der Waals surface area contributed by atoms with Gasteiger partial charge in [-0.05, 0) is 115 Å². The maximum absolute atomic E-state index is 14.7. The Kier molecular flexibility index (Phi) is 34.4. The van der Waals surface area contributed by atoms with Crippen LogP contribution in [0.3, 0.4) is 0 Å². The van der Waals surface area contributed by atoms with E-state index in [9.17, 15) is 62.6 Å². The normalized spacial score (nSPS) is 17.2. The molecule has 0 aromatic carbocycles. The average Bonchev–Trinajstić information content (AvgIpc) is 1.08. The number of carbonyl (C=O) groups is 12. The van der Waals surface area contributed by atoms with Crippen LogP contribution in [0.5, 0.6) is 0 Å². The molecule has 0 bridgehead atoms. The topological polar surface area (TPSA) is 320 Å². The third-order valence-corrected chi connectivity index (χ3v) is 17.1. The number of hydrogen-bond acceptors (Lipinski definition) is 15. The summed E-state index contributed by atoms with van der Waals surface area (Å²) in [4.78, 5) is 176. The van der Waals surface area contributed by atoms with Crippen molar-refractivity contribution in [2.75, 3.05) is 75.5 Å². The van der Waals surface area contributed by atoms with Crippen LogP contribution in [0.4, 0.5) is 0 Å². The molecule has 12 atom stereocenters. The minimum absolute atomic E-state index is 0.0300. The van der Waals surface area contributed by atoms with Crippen molar-refractivity contribution < 1.29 is 62.6 Å². The standard InChI is InChI=1S/C64H117N13O13/c1-24-46(67-55(82)47(27-26-42(12)29-31-77-32-30-66-50(80)35-77)72(19)63(90)54(45(15)79)75(22)51(81)28-25-37(2)3)61(88)71(18)44(14)60(87)73(20)48(33-38(4)5)56(83)68-52(40(8)9)62(89)74(21)49(34-39(6)7)57(84)70-64(16,36-78)69-43(13)59(86)76(23)53(41(10)11)58(85)65-17/h36-49,52-54,69,79H,24-35H2,1-23H3,(H,65,85)(H,66,80)(H,67,82)(H,68,83)(H,70,84). The molecule has 12 unspecified atom stereocenters. The molecule has 0 aliphatic carbocycles. The quantitative estimate of drug-likeness (QED) is 0.0341. The lowest BCUT2D eigenvalue weighted by molar-refractivity contribution is -0.152. The molecule has 0 aromatic rings. The van der Waals surface area contributed by atoms with Crippen molar-refractivity contribution in [2.45, 2.75) is 228 Å². The van der Waals surface area contributed by atoms with Gasteiger partial charge in [0.05, 0.1) is 18.7 Å². The number of aliphatic hydroxyl groups excluding tert-OH is 1. The summed E-state index contributed by atoms with van der Waals surface area (Å²) < 4.78 is 0. The number of likely N-dealkylation sites (N-methyl/N-ethyl adjacent to an activating group) is 7. The SMILES string of the molecule is CCC(NC(=O)C(CCC(C)CCN1CCNC(=O)C1)N(C)C(=O)C(C(C)O)N(C)C(=O)CCC(C)C)C(=O)N(C)C(C)C(=O)N(C)C(CC(C)C)C(=O)NC(C(=O)N(C)C(CC(C)C)C(=O)NC(C)(C=O)NC(C)C(=O)N(C)C(C(=O)NC)C(C)C)C(C)C. The first kappa shape index (κ1) is 81.7. The first-order valence-corrected chi connectivity index (χ1v) is 32.3. The summed E-state index contributed by atoms with van der Waals surface area (Å²) in [7, 11) is 10.1. The second kappa shape index (κ2) is 37.9. The molecule has 1 saturated heterocycles. The zero-order chi connectivity index (χ0) is 69.6. The Morgan fingerprint density at radius 2 is 1.13 bits per heavy atom. The van der Waals surface area contributed by atoms with E-state index in [0.717, 1.165) is 0 Å². The van der Waals surface area contributed by atoms with Gasteiger partial charge >= 0.3 is 0 Å². The van der Waals surface area contributed by atoms with Gasteiger partial charge in [0, 0.05) is 68.8 Å². The lowest BCUT2D eigenvalue weighted by Gasteiger charge is -2.38. The van der Waals surface area contributed by atoms with Gasteiger partial charge < -0.3 is 61.1 Å². The van der Waals surface area contributed by atoms with Crippen molar-refractivity contribution in [2.24, 2.45) is 35.5 Å². The van der Waals surface area contributed by atoms with Crippen LogP contribution in [0.15, 0.2) is 0 Å². The van der Waals surface area contributed by atoms with E-state index in [0.29, 0.717) is 45.2 Å². The maximum Gasteiger partial charge on any atom is 0.248 e. The van der Waals surface area contributed by atoms with Gasteiger partial charge in [-0.25, -0.2) is 0 Å². The van der Waals surface area contributed by atoms with E-state index in [4.69, 9.17) is 0 Å². The van der Waals surface area contributed by atoms with Crippen molar-refractivity contribution in [1.82, 2.24) is 66.2 Å². The molecule has 516 valence electrons. The van der Waals surface area contributed by atoms with Crippen molar-refractivity contribution >= 4 is 71.3 Å². The highest BCUT2D eigenvalue weighted by Gasteiger charge is 2.43. The maximum atomic E-state index is 14.7. The van der Waals surface area contributed by atoms with Crippen LogP contribution in [-0.2, 0) is 57.5 Å². The predicted octanol–water partition coefficient (Wildman–Crippen LogP) is 1.56. The lowest BCUT2D eigenvalue weighted by atomic mass is 9.96. The Bertz CT molecular complexity index is 2420. The first-order valence-electron chi connectivity index (χ1n) is 32.3. The van der Waals surface area contributed by atoms with E-state index in [1.54, 1.807) is 34.6 Å². The lowest BCUT2D eigenvalue weighted by Crippen LogP contribution is -2.66. The van der Waals surface area contributed by atoms with Crippen LogP contribution in [-0.4, -0.2) is 252 Å². The van der Waals surface area contributed by atoms with Crippen LogP contribution in [0, 0.1) is 35.5 Å². The molecule has 0 radical (unpaired) electrons. The molecule has 0 aromatic heterocycles. The van der Waals surface area contributed by atoms with Crippen molar-refractivity contribution in [3.05, 3.63) is 0 Å². The Balaban J connectivity index is 3.55. The van der Waals surface area contributed by atoms with E-state index >= 15 is 0 Å². The summed E-state index contributed by atoms with van der Waals surface area (Å²) >= 11 is 0. The fraction of sp³-hybridized carbons (Fsp3) is 0.812. The first-order chi connectivity index (χ1) is 41.6. The molecule has 26 nitrogen and oxygen atoms in total. The number of piperazine rings is 1. The molecule has 1 aliphatic heterocycles. The number of hydrogen-bond donors (Lipinski definition) is 7. The van der Waals surface area contributed by atoms with Crippen molar-refractivity contribution in [3.8, 4) is 0 Å². The van der Waals surface area contributed by atoms with Crippen LogP contribution < -0.4 is 31.9 Å². The summed E-state index contributed by atoms with van der Waals surface area (Å²) in [5.41, 5.74) is -1.82. The average molecular weight is 1280 g/mol. The fourth-order valence-electron chi connectivity index (χ4n) is 11.2.